The number of piperidine rings is 1. The van der Waals surface area contributed by atoms with E-state index in [1.165, 1.54) is 7.05 Å². The second-order valence-electron chi connectivity index (χ2n) is 3.57. The summed E-state index contributed by atoms with van der Waals surface area (Å²) >= 11 is 0. The number of carbonyl (C=O) groups is 1. The van der Waals surface area contributed by atoms with Crippen LogP contribution in [0.3, 0.4) is 0 Å². The van der Waals surface area contributed by atoms with Gasteiger partial charge >= 0.3 is 0 Å². The Bertz CT molecular complexity index is 309. The summed E-state index contributed by atoms with van der Waals surface area (Å²) in [5.74, 6) is -0.946. The Morgan fingerprint density at radius 3 is 2.80 bits per heavy atom. The molecule has 0 saturated carbocycles. The Morgan fingerprint density at radius 2 is 2.27 bits per heavy atom. The van der Waals surface area contributed by atoms with Crippen LogP contribution in [0.25, 0.3) is 0 Å². The normalized spacial score (nSPS) is 22.3. The number of sulfonamides is 1. The second-order valence-corrected chi connectivity index (χ2v) is 5.50. The van der Waals surface area contributed by atoms with Gasteiger partial charge in [-0.2, -0.15) is 0 Å². The molecule has 0 aromatic carbocycles. The lowest BCUT2D eigenvalue weighted by molar-refractivity contribution is -0.119. The van der Waals surface area contributed by atoms with Crippen LogP contribution in [0, 0.1) is 0 Å². The van der Waals surface area contributed by atoms with Crippen molar-refractivity contribution >= 4 is 15.9 Å². The maximum absolute atomic E-state index is 11.3. The van der Waals surface area contributed by atoms with Crippen molar-refractivity contribution in [2.24, 2.45) is 0 Å². The van der Waals surface area contributed by atoms with Gasteiger partial charge in [0, 0.05) is 12.6 Å². The molecule has 15 heavy (non-hydrogen) atoms. The zero-order chi connectivity index (χ0) is 11.3. The summed E-state index contributed by atoms with van der Waals surface area (Å²) in [5, 5.41) is 5.83. The predicted molar refractivity (Wildman–Crippen MR) is 56.9 cm³/mol. The van der Waals surface area contributed by atoms with E-state index in [2.05, 4.69) is 15.4 Å². The molecule has 1 saturated heterocycles. The lowest BCUT2D eigenvalue weighted by Crippen LogP contribution is -2.47. The predicted octanol–water partition coefficient (Wildman–Crippen LogP) is -1.60. The molecule has 6 nitrogen and oxygen atoms in total. The van der Waals surface area contributed by atoms with E-state index in [9.17, 15) is 13.2 Å². The Hall–Kier alpha value is -0.660. The molecule has 1 fully saturated rings. The van der Waals surface area contributed by atoms with E-state index in [-0.39, 0.29) is 6.04 Å². The third-order valence-corrected chi connectivity index (χ3v) is 3.56. The van der Waals surface area contributed by atoms with Gasteiger partial charge < -0.3 is 10.6 Å². The smallest absolute Gasteiger partial charge is 0.236 e. The highest BCUT2D eigenvalue weighted by atomic mass is 32.2. The minimum atomic E-state index is -3.45. The number of nitrogens with one attached hydrogen (secondary N) is 3. The van der Waals surface area contributed by atoms with E-state index in [4.69, 9.17) is 0 Å². The molecule has 0 unspecified atom stereocenters. The summed E-state index contributed by atoms with van der Waals surface area (Å²) in [5.41, 5.74) is 0. The van der Waals surface area contributed by atoms with Crippen molar-refractivity contribution < 1.29 is 13.2 Å². The third kappa shape index (κ3) is 4.59. The zero-order valence-corrected chi connectivity index (χ0v) is 9.56. The number of hydrogen-bond acceptors (Lipinski definition) is 4. The highest BCUT2D eigenvalue weighted by molar-refractivity contribution is 7.90. The highest BCUT2D eigenvalue weighted by Gasteiger charge is 2.19. The summed E-state index contributed by atoms with van der Waals surface area (Å²) in [6.07, 6.45) is 1.90. The monoisotopic (exact) mass is 235 g/mol. The number of rotatable bonds is 4. The molecular formula is C8H17N3O3S. The Kier molecular flexibility index (Phi) is 4.49. The Labute approximate surface area is 89.9 Å². The summed E-state index contributed by atoms with van der Waals surface area (Å²) in [6.45, 7) is 1.67. The van der Waals surface area contributed by atoms with Crippen molar-refractivity contribution in [2.45, 2.75) is 18.9 Å². The first-order chi connectivity index (χ1) is 7.03. The first-order valence-electron chi connectivity index (χ1n) is 4.95. The fourth-order valence-electron chi connectivity index (χ4n) is 1.49. The average Bonchev–Trinajstić information content (AvgIpc) is 2.18. The lowest BCUT2D eigenvalue weighted by Gasteiger charge is -2.23. The molecule has 0 aliphatic carbocycles. The summed E-state index contributed by atoms with van der Waals surface area (Å²) in [4.78, 5) is 11.3. The summed E-state index contributed by atoms with van der Waals surface area (Å²) in [6, 6.07) is 0.0540. The van der Waals surface area contributed by atoms with E-state index >= 15 is 0 Å². The van der Waals surface area contributed by atoms with Crippen LogP contribution in [-0.2, 0) is 14.8 Å². The van der Waals surface area contributed by atoms with Crippen LogP contribution in [-0.4, -0.2) is 46.3 Å². The fourth-order valence-corrected chi connectivity index (χ4v) is 2.06. The van der Waals surface area contributed by atoms with Crippen molar-refractivity contribution in [1.82, 2.24) is 15.4 Å². The molecule has 1 atom stereocenters. The molecular weight excluding hydrogens is 218 g/mol. The molecule has 0 aromatic heterocycles. The molecule has 3 N–H and O–H groups in total. The molecule has 0 aromatic rings. The molecule has 1 aliphatic heterocycles. The first-order valence-corrected chi connectivity index (χ1v) is 6.60. The highest BCUT2D eigenvalue weighted by Crippen LogP contribution is 2.00. The third-order valence-electron chi connectivity index (χ3n) is 2.29. The van der Waals surface area contributed by atoms with Crippen molar-refractivity contribution in [3.8, 4) is 0 Å². The molecule has 0 bridgehead atoms. The van der Waals surface area contributed by atoms with E-state index in [1.54, 1.807) is 0 Å². The van der Waals surface area contributed by atoms with E-state index in [1.807, 2.05) is 0 Å². The molecule has 0 radical (unpaired) electrons. The van der Waals surface area contributed by atoms with Crippen LogP contribution in [0.15, 0.2) is 0 Å². The summed E-state index contributed by atoms with van der Waals surface area (Å²) < 4.78 is 24.2. The minimum Gasteiger partial charge on any atom is -0.351 e. The van der Waals surface area contributed by atoms with Gasteiger partial charge in [-0.25, -0.2) is 13.1 Å². The van der Waals surface area contributed by atoms with Crippen molar-refractivity contribution in [3.63, 3.8) is 0 Å². The Morgan fingerprint density at radius 1 is 1.53 bits per heavy atom. The van der Waals surface area contributed by atoms with Gasteiger partial charge in [0.1, 0.15) is 5.75 Å². The molecule has 88 valence electrons. The molecule has 1 heterocycles. The molecule has 1 rings (SSSR count). The van der Waals surface area contributed by atoms with Gasteiger partial charge in [-0.05, 0) is 26.4 Å². The van der Waals surface area contributed by atoms with E-state index in [0.717, 1.165) is 19.4 Å². The molecule has 1 amide bonds. The van der Waals surface area contributed by atoms with Gasteiger partial charge in [-0.3, -0.25) is 4.79 Å². The van der Waals surface area contributed by atoms with Crippen LogP contribution in [0.4, 0.5) is 0 Å². The van der Waals surface area contributed by atoms with Gasteiger partial charge in [0.15, 0.2) is 0 Å². The van der Waals surface area contributed by atoms with Crippen LogP contribution in [0.2, 0.25) is 0 Å². The van der Waals surface area contributed by atoms with Gasteiger partial charge in [-0.15, -0.1) is 0 Å². The van der Waals surface area contributed by atoms with Gasteiger partial charge in [-0.1, -0.05) is 0 Å². The Balaban J connectivity index is 2.35. The van der Waals surface area contributed by atoms with Crippen molar-refractivity contribution in [1.29, 1.82) is 0 Å². The van der Waals surface area contributed by atoms with E-state index in [0.29, 0.717) is 6.54 Å². The number of amides is 1. The standard InChI is InChI=1S/C8H17N3O3S/c1-9-15(13,14)6-8(12)11-7-3-2-4-10-5-7/h7,9-10H,2-6H2,1H3,(H,11,12)/t7-/m0/s1. The van der Waals surface area contributed by atoms with Crippen LogP contribution >= 0.6 is 0 Å². The maximum atomic E-state index is 11.3. The molecule has 1 aliphatic rings. The van der Waals surface area contributed by atoms with Crippen LogP contribution in [0.5, 0.6) is 0 Å². The van der Waals surface area contributed by atoms with Gasteiger partial charge in [0.2, 0.25) is 15.9 Å². The SMILES string of the molecule is CNS(=O)(=O)CC(=O)N[C@H]1CCCNC1. The largest absolute Gasteiger partial charge is 0.351 e. The number of hydrogen-bond donors (Lipinski definition) is 3. The van der Waals surface area contributed by atoms with Crippen LogP contribution in [0.1, 0.15) is 12.8 Å². The fraction of sp³-hybridized carbons (Fsp3) is 0.875. The van der Waals surface area contributed by atoms with Gasteiger partial charge in [0.05, 0.1) is 0 Å². The average molecular weight is 235 g/mol. The van der Waals surface area contributed by atoms with E-state index < -0.39 is 21.7 Å². The maximum Gasteiger partial charge on any atom is 0.236 e. The van der Waals surface area contributed by atoms with Gasteiger partial charge in [0.25, 0.3) is 0 Å². The topological polar surface area (TPSA) is 87.3 Å². The lowest BCUT2D eigenvalue weighted by atomic mass is 10.1. The zero-order valence-electron chi connectivity index (χ0n) is 8.75. The quantitative estimate of drug-likeness (QED) is 0.548. The van der Waals surface area contributed by atoms with Crippen molar-refractivity contribution in [3.05, 3.63) is 0 Å². The molecule has 7 heteroatoms. The molecule has 0 spiro atoms. The first kappa shape index (κ1) is 12.4. The second kappa shape index (κ2) is 5.43. The number of carbonyl (C=O) groups excluding carboxylic acids is 1. The van der Waals surface area contributed by atoms with Crippen LogP contribution < -0.4 is 15.4 Å². The van der Waals surface area contributed by atoms with Crippen molar-refractivity contribution in [2.75, 3.05) is 25.9 Å². The summed E-state index contributed by atoms with van der Waals surface area (Å²) in [7, 11) is -2.16. The minimum absolute atomic E-state index is 0.0540.